The van der Waals surface area contributed by atoms with Gasteiger partial charge in [0.05, 0.1) is 11.5 Å². The van der Waals surface area contributed by atoms with Crippen molar-refractivity contribution in [2.45, 2.75) is 24.7 Å². The zero-order chi connectivity index (χ0) is 16.7. The molecule has 0 unspecified atom stereocenters. The van der Waals surface area contributed by atoms with Crippen LogP contribution in [0.25, 0.3) is 0 Å². The smallest absolute Gasteiger partial charge is 0.240 e. The fraction of sp³-hybridized carbons (Fsp3) is 0.294. The number of nitrogens with one attached hydrogen (secondary N) is 1. The monoisotopic (exact) mass is 397 g/mol. The first-order chi connectivity index (χ1) is 11.0. The first-order valence-corrected chi connectivity index (χ1v) is 9.76. The molecule has 23 heavy (non-hydrogen) atoms. The van der Waals surface area contributed by atoms with Crippen molar-refractivity contribution in [1.29, 1.82) is 0 Å². The van der Waals surface area contributed by atoms with Crippen molar-refractivity contribution >= 4 is 26.0 Å². The van der Waals surface area contributed by atoms with Crippen molar-refractivity contribution in [2.75, 3.05) is 13.2 Å². The van der Waals surface area contributed by atoms with Crippen LogP contribution in [-0.2, 0) is 16.4 Å². The van der Waals surface area contributed by atoms with Crippen LogP contribution in [0.4, 0.5) is 0 Å². The highest BCUT2D eigenvalue weighted by Crippen LogP contribution is 2.19. The number of hydrogen-bond donors (Lipinski definition) is 1. The van der Waals surface area contributed by atoms with E-state index in [9.17, 15) is 8.42 Å². The number of halogens is 1. The normalized spacial score (nSPS) is 11.4. The Hall–Kier alpha value is -1.37. The SMILES string of the molecule is CCOc1ccccc1CCCNS(=O)(=O)c1ccc(Br)cc1. The van der Waals surface area contributed by atoms with Crippen molar-refractivity contribution in [3.05, 3.63) is 58.6 Å². The van der Waals surface area contributed by atoms with E-state index in [1.54, 1.807) is 24.3 Å². The lowest BCUT2D eigenvalue weighted by Crippen LogP contribution is -2.25. The van der Waals surface area contributed by atoms with Crippen LogP contribution in [0, 0.1) is 0 Å². The molecule has 4 nitrogen and oxygen atoms in total. The van der Waals surface area contributed by atoms with Gasteiger partial charge in [-0.2, -0.15) is 0 Å². The molecule has 0 amide bonds. The third-order valence-corrected chi connectivity index (χ3v) is 5.32. The molecule has 124 valence electrons. The maximum Gasteiger partial charge on any atom is 0.240 e. The molecule has 0 saturated carbocycles. The fourth-order valence-electron chi connectivity index (χ4n) is 2.19. The van der Waals surface area contributed by atoms with Crippen LogP contribution in [-0.4, -0.2) is 21.6 Å². The highest BCUT2D eigenvalue weighted by Gasteiger charge is 2.13. The van der Waals surface area contributed by atoms with E-state index in [-0.39, 0.29) is 4.90 Å². The highest BCUT2D eigenvalue weighted by molar-refractivity contribution is 9.10. The number of ether oxygens (including phenoxy) is 1. The topological polar surface area (TPSA) is 55.4 Å². The first-order valence-electron chi connectivity index (χ1n) is 7.49. The lowest BCUT2D eigenvalue weighted by molar-refractivity contribution is 0.336. The van der Waals surface area contributed by atoms with Gasteiger partial charge in [-0.25, -0.2) is 13.1 Å². The summed E-state index contributed by atoms with van der Waals surface area (Å²) in [5.74, 6) is 0.866. The molecule has 0 bridgehead atoms. The van der Waals surface area contributed by atoms with Crippen molar-refractivity contribution in [2.24, 2.45) is 0 Å². The minimum atomic E-state index is -3.45. The summed E-state index contributed by atoms with van der Waals surface area (Å²) < 4.78 is 33.4. The molecule has 2 aromatic carbocycles. The van der Waals surface area contributed by atoms with Gasteiger partial charge >= 0.3 is 0 Å². The summed E-state index contributed by atoms with van der Waals surface area (Å²) >= 11 is 3.29. The Morgan fingerprint density at radius 1 is 1.09 bits per heavy atom. The predicted molar refractivity (Wildman–Crippen MR) is 95.3 cm³/mol. The molecular formula is C17H20BrNO3S. The van der Waals surface area contributed by atoms with Gasteiger partial charge in [0, 0.05) is 11.0 Å². The van der Waals surface area contributed by atoms with Crippen LogP contribution < -0.4 is 9.46 Å². The lowest BCUT2D eigenvalue weighted by Gasteiger charge is -2.10. The second kappa shape index (κ2) is 8.47. The molecule has 0 aliphatic carbocycles. The maximum absolute atomic E-state index is 12.2. The number of sulfonamides is 1. The van der Waals surface area contributed by atoms with Gasteiger partial charge in [-0.1, -0.05) is 34.1 Å². The molecular weight excluding hydrogens is 378 g/mol. The van der Waals surface area contributed by atoms with Crippen LogP contribution in [0.2, 0.25) is 0 Å². The highest BCUT2D eigenvalue weighted by atomic mass is 79.9. The molecule has 0 heterocycles. The van der Waals surface area contributed by atoms with E-state index < -0.39 is 10.0 Å². The van der Waals surface area contributed by atoms with Gasteiger partial charge in [-0.15, -0.1) is 0 Å². The molecule has 0 aliphatic heterocycles. The van der Waals surface area contributed by atoms with Gasteiger partial charge in [-0.3, -0.25) is 0 Å². The van der Waals surface area contributed by atoms with Crippen molar-refractivity contribution in [1.82, 2.24) is 4.72 Å². The Labute approximate surface area is 146 Å². The van der Waals surface area contributed by atoms with Crippen LogP contribution >= 0.6 is 15.9 Å². The average molecular weight is 398 g/mol. The minimum absolute atomic E-state index is 0.274. The molecule has 0 aromatic heterocycles. The first kappa shape index (κ1) is 18.0. The average Bonchev–Trinajstić information content (AvgIpc) is 2.54. The molecule has 0 saturated heterocycles. The summed E-state index contributed by atoms with van der Waals surface area (Å²) in [5.41, 5.74) is 1.09. The van der Waals surface area contributed by atoms with Crippen LogP contribution in [0.5, 0.6) is 5.75 Å². The van der Waals surface area contributed by atoms with Crippen LogP contribution in [0.1, 0.15) is 18.9 Å². The summed E-state index contributed by atoms with van der Waals surface area (Å²) in [6.07, 6.45) is 1.47. The number of hydrogen-bond acceptors (Lipinski definition) is 3. The van der Waals surface area contributed by atoms with E-state index >= 15 is 0 Å². The summed E-state index contributed by atoms with van der Waals surface area (Å²) in [7, 11) is -3.45. The van der Waals surface area contributed by atoms with E-state index in [2.05, 4.69) is 20.7 Å². The molecule has 0 fully saturated rings. The quantitative estimate of drug-likeness (QED) is 0.689. The summed E-state index contributed by atoms with van der Waals surface area (Å²) in [5, 5.41) is 0. The predicted octanol–water partition coefficient (Wildman–Crippen LogP) is 3.76. The van der Waals surface area contributed by atoms with Gasteiger partial charge in [0.25, 0.3) is 0 Å². The molecule has 6 heteroatoms. The molecule has 0 atom stereocenters. The lowest BCUT2D eigenvalue weighted by atomic mass is 10.1. The second-order valence-electron chi connectivity index (χ2n) is 5.00. The largest absolute Gasteiger partial charge is 0.494 e. The van der Waals surface area contributed by atoms with E-state index in [1.165, 1.54) is 0 Å². The Morgan fingerprint density at radius 2 is 1.78 bits per heavy atom. The van der Waals surface area contributed by atoms with Crippen LogP contribution in [0.3, 0.4) is 0 Å². The van der Waals surface area contributed by atoms with Gasteiger partial charge in [0.1, 0.15) is 5.75 Å². The Balaban J connectivity index is 1.89. The van der Waals surface area contributed by atoms with Crippen molar-refractivity contribution < 1.29 is 13.2 Å². The summed E-state index contributed by atoms with van der Waals surface area (Å²) in [6.45, 7) is 2.95. The minimum Gasteiger partial charge on any atom is -0.494 e. The molecule has 2 rings (SSSR count). The van der Waals surface area contributed by atoms with E-state index in [0.29, 0.717) is 19.6 Å². The second-order valence-corrected chi connectivity index (χ2v) is 7.68. The van der Waals surface area contributed by atoms with Crippen LogP contribution in [0.15, 0.2) is 57.9 Å². The van der Waals surface area contributed by atoms with E-state index in [1.807, 2.05) is 31.2 Å². The zero-order valence-electron chi connectivity index (χ0n) is 13.0. The Morgan fingerprint density at radius 3 is 2.48 bits per heavy atom. The van der Waals surface area contributed by atoms with Gasteiger partial charge in [0.2, 0.25) is 10.0 Å². The van der Waals surface area contributed by atoms with Gasteiger partial charge in [0.15, 0.2) is 0 Å². The van der Waals surface area contributed by atoms with Gasteiger partial charge in [-0.05, 0) is 55.7 Å². The maximum atomic E-state index is 12.2. The van der Waals surface area contributed by atoms with E-state index in [4.69, 9.17) is 4.74 Å². The van der Waals surface area contributed by atoms with Gasteiger partial charge < -0.3 is 4.74 Å². The Bertz CT molecular complexity index is 730. The summed E-state index contributed by atoms with van der Waals surface area (Å²) in [4.78, 5) is 0.274. The fourth-order valence-corrected chi connectivity index (χ4v) is 3.53. The van der Waals surface area contributed by atoms with Crippen molar-refractivity contribution in [3.8, 4) is 5.75 Å². The third kappa shape index (κ3) is 5.34. The number of rotatable bonds is 8. The molecule has 2 aromatic rings. The standard InChI is InChI=1S/C17H20BrNO3S/c1-2-22-17-8-4-3-6-14(17)7-5-13-19-23(20,21)16-11-9-15(18)10-12-16/h3-4,6,8-12,19H,2,5,7,13H2,1H3. The molecule has 0 aliphatic rings. The Kier molecular flexibility index (Phi) is 6.62. The summed E-state index contributed by atoms with van der Waals surface area (Å²) in [6, 6.07) is 14.4. The van der Waals surface area contributed by atoms with Crippen molar-refractivity contribution in [3.63, 3.8) is 0 Å². The third-order valence-electron chi connectivity index (χ3n) is 3.31. The molecule has 0 spiro atoms. The molecule has 0 radical (unpaired) electrons. The molecule has 1 N–H and O–H groups in total. The zero-order valence-corrected chi connectivity index (χ0v) is 15.4. The number of benzene rings is 2. The van der Waals surface area contributed by atoms with E-state index in [0.717, 1.165) is 22.2 Å². The number of aryl methyl sites for hydroxylation is 1. The number of para-hydroxylation sites is 1.